The number of halogens is 3. The fourth-order valence-electron chi connectivity index (χ4n) is 2.33. The van der Waals surface area contributed by atoms with Gasteiger partial charge in [-0.2, -0.15) is 13.2 Å². The molecule has 0 aromatic carbocycles. The van der Waals surface area contributed by atoms with Gasteiger partial charge < -0.3 is 10.2 Å². The van der Waals surface area contributed by atoms with Gasteiger partial charge in [0.15, 0.2) is 0 Å². The van der Waals surface area contributed by atoms with Crippen LogP contribution in [0.2, 0.25) is 0 Å². The first-order valence-electron chi connectivity index (χ1n) is 6.67. The molecular formula is C12H23F3N2S. The minimum atomic E-state index is -4.09. The van der Waals surface area contributed by atoms with Crippen molar-refractivity contribution >= 4 is 11.8 Å². The van der Waals surface area contributed by atoms with Gasteiger partial charge in [0.2, 0.25) is 0 Å². The molecule has 0 saturated carbocycles. The maximum absolute atomic E-state index is 12.0. The molecule has 1 aliphatic rings. The third-order valence-electron chi connectivity index (χ3n) is 3.16. The van der Waals surface area contributed by atoms with Crippen LogP contribution >= 0.6 is 11.8 Å². The third kappa shape index (κ3) is 7.48. The second-order valence-electron chi connectivity index (χ2n) is 4.72. The van der Waals surface area contributed by atoms with E-state index in [1.807, 2.05) is 0 Å². The summed E-state index contributed by atoms with van der Waals surface area (Å²) in [6.45, 7) is 5.95. The van der Waals surface area contributed by atoms with Gasteiger partial charge >= 0.3 is 5.51 Å². The topological polar surface area (TPSA) is 15.3 Å². The van der Waals surface area contributed by atoms with Crippen LogP contribution < -0.4 is 5.32 Å². The number of hydrogen-bond acceptors (Lipinski definition) is 3. The highest BCUT2D eigenvalue weighted by Gasteiger charge is 2.27. The van der Waals surface area contributed by atoms with Gasteiger partial charge in [-0.3, -0.25) is 0 Å². The van der Waals surface area contributed by atoms with E-state index in [-0.39, 0.29) is 17.5 Å². The van der Waals surface area contributed by atoms with Crippen LogP contribution in [0, 0.1) is 0 Å². The Hall–Kier alpha value is 0.0600. The summed E-state index contributed by atoms with van der Waals surface area (Å²) in [7, 11) is 0. The van der Waals surface area contributed by atoms with Crippen molar-refractivity contribution in [2.45, 2.75) is 44.2 Å². The lowest BCUT2D eigenvalue weighted by atomic mass is 10.1. The van der Waals surface area contributed by atoms with Crippen LogP contribution in [0.4, 0.5) is 13.2 Å². The lowest BCUT2D eigenvalue weighted by Gasteiger charge is -2.19. The molecule has 0 amide bonds. The van der Waals surface area contributed by atoms with Crippen molar-refractivity contribution in [2.24, 2.45) is 0 Å². The average molecular weight is 284 g/mol. The number of thioether (sulfide) groups is 1. The maximum Gasteiger partial charge on any atom is 0.441 e. The van der Waals surface area contributed by atoms with Crippen LogP contribution in [0.1, 0.15) is 32.6 Å². The van der Waals surface area contributed by atoms with E-state index in [4.69, 9.17) is 0 Å². The van der Waals surface area contributed by atoms with Crippen LogP contribution in [-0.2, 0) is 0 Å². The van der Waals surface area contributed by atoms with Gasteiger partial charge in [0.1, 0.15) is 0 Å². The van der Waals surface area contributed by atoms with E-state index in [1.54, 1.807) is 0 Å². The SMILES string of the molecule is CCCN1CCCC(NCCSC(F)(F)F)CC1. The van der Waals surface area contributed by atoms with E-state index < -0.39 is 5.51 Å². The van der Waals surface area contributed by atoms with Gasteiger partial charge in [-0.25, -0.2) is 0 Å². The molecule has 1 heterocycles. The zero-order valence-corrected chi connectivity index (χ0v) is 11.7. The molecular weight excluding hydrogens is 261 g/mol. The Labute approximate surface area is 112 Å². The molecule has 1 saturated heterocycles. The molecule has 2 nitrogen and oxygen atoms in total. The summed E-state index contributed by atoms with van der Waals surface area (Å²) in [5, 5.41) is 3.25. The molecule has 0 aromatic heterocycles. The number of nitrogens with zero attached hydrogens (tertiary/aromatic N) is 1. The Balaban J connectivity index is 2.12. The normalized spacial score (nSPS) is 23.0. The predicted molar refractivity (Wildman–Crippen MR) is 70.9 cm³/mol. The average Bonchev–Trinajstić information content (AvgIpc) is 2.50. The highest BCUT2D eigenvalue weighted by molar-refractivity contribution is 8.00. The molecule has 1 unspecified atom stereocenters. The van der Waals surface area contributed by atoms with Crippen molar-refractivity contribution in [3.05, 3.63) is 0 Å². The van der Waals surface area contributed by atoms with E-state index in [9.17, 15) is 13.2 Å². The number of nitrogens with one attached hydrogen (secondary N) is 1. The molecule has 1 fully saturated rings. The van der Waals surface area contributed by atoms with Crippen LogP contribution in [0.15, 0.2) is 0 Å². The Morgan fingerprint density at radius 2 is 2.06 bits per heavy atom. The molecule has 0 aliphatic carbocycles. The Morgan fingerprint density at radius 1 is 1.28 bits per heavy atom. The van der Waals surface area contributed by atoms with E-state index >= 15 is 0 Å². The van der Waals surface area contributed by atoms with Crippen molar-refractivity contribution in [3.63, 3.8) is 0 Å². The molecule has 0 radical (unpaired) electrons. The Bertz CT molecular complexity index is 224. The predicted octanol–water partition coefficient (Wildman–Crippen LogP) is 3.09. The monoisotopic (exact) mass is 284 g/mol. The zero-order chi connectivity index (χ0) is 13.4. The summed E-state index contributed by atoms with van der Waals surface area (Å²) >= 11 is 0.0631. The first kappa shape index (κ1) is 16.1. The van der Waals surface area contributed by atoms with Crippen LogP contribution in [0.25, 0.3) is 0 Å². The summed E-state index contributed by atoms with van der Waals surface area (Å²) < 4.78 is 35.9. The molecule has 1 aliphatic heterocycles. The number of rotatable bonds is 6. The van der Waals surface area contributed by atoms with Gasteiger partial charge in [0.25, 0.3) is 0 Å². The summed E-state index contributed by atoms with van der Waals surface area (Å²) in [6, 6.07) is 0.390. The standard InChI is InChI=1S/C12H23F3N2S/c1-2-7-17-8-3-4-11(5-9-17)16-6-10-18-12(13,14)15/h11,16H,2-10H2,1H3. The molecule has 0 spiro atoms. The Morgan fingerprint density at radius 3 is 2.72 bits per heavy atom. The van der Waals surface area contributed by atoms with Crippen LogP contribution in [0.3, 0.4) is 0 Å². The highest BCUT2D eigenvalue weighted by Crippen LogP contribution is 2.29. The van der Waals surface area contributed by atoms with E-state index in [0.29, 0.717) is 12.6 Å². The van der Waals surface area contributed by atoms with Gasteiger partial charge in [-0.1, -0.05) is 6.92 Å². The van der Waals surface area contributed by atoms with Gasteiger partial charge in [0.05, 0.1) is 0 Å². The number of likely N-dealkylation sites (tertiary alicyclic amines) is 1. The quantitative estimate of drug-likeness (QED) is 0.755. The largest absolute Gasteiger partial charge is 0.441 e. The van der Waals surface area contributed by atoms with Crippen LogP contribution in [0.5, 0.6) is 0 Å². The molecule has 1 atom stereocenters. The van der Waals surface area contributed by atoms with Crippen molar-refractivity contribution < 1.29 is 13.2 Å². The van der Waals surface area contributed by atoms with E-state index in [2.05, 4.69) is 17.1 Å². The van der Waals surface area contributed by atoms with Crippen molar-refractivity contribution in [1.82, 2.24) is 10.2 Å². The zero-order valence-electron chi connectivity index (χ0n) is 10.9. The highest BCUT2D eigenvalue weighted by atomic mass is 32.2. The lowest BCUT2D eigenvalue weighted by Crippen LogP contribution is -2.33. The minimum absolute atomic E-state index is 0.0631. The lowest BCUT2D eigenvalue weighted by molar-refractivity contribution is -0.0327. The second-order valence-corrected chi connectivity index (χ2v) is 5.88. The summed E-state index contributed by atoms with van der Waals surface area (Å²) in [4.78, 5) is 2.45. The molecule has 1 rings (SSSR count). The van der Waals surface area contributed by atoms with Gasteiger partial charge in [0, 0.05) is 18.3 Å². The summed E-state index contributed by atoms with van der Waals surface area (Å²) in [6.07, 6.45) is 4.44. The third-order valence-corrected chi connectivity index (χ3v) is 3.90. The first-order valence-corrected chi connectivity index (χ1v) is 7.66. The smallest absolute Gasteiger partial charge is 0.313 e. The van der Waals surface area contributed by atoms with Crippen molar-refractivity contribution in [3.8, 4) is 0 Å². The molecule has 6 heteroatoms. The van der Waals surface area contributed by atoms with E-state index in [1.165, 1.54) is 6.42 Å². The Kier molecular flexibility index (Phi) is 7.41. The minimum Gasteiger partial charge on any atom is -0.313 e. The van der Waals surface area contributed by atoms with Crippen molar-refractivity contribution in [2.75, 3.05) is 31.9 Å². The fourth-order valence-corrected chi connectivity index (χ4v) is 2.78. The fraction of sp³-hybridized carbons (Fsp3) is 1.00. The van der Waals surface area contributed by atoms with Crippen molar-refractivity contribution in [1.29, 1.82) is 0 Å². The number of hydrogen-bond donors (Lipinski definition) is 1. The van der Waals surface area contributed by atoms with Gasteiger partial charge in [-0.15, -0.1) is 0 Å². The molecule has 1 N–H and O–H groups in total. The molecule has 0 bridgehead atoms. The maximum atomic E-state index is 12.0. The molecule has 18 heavy (non-hydrogen) atoms. The van der Waals surface area contributed by atoms with E-state index in [0.717, 1.165) is 38.9 Å². The van der Waals surface area contributed by atoms with Crippen LogP contribution in [-0.4, -0.2) is 48.4 Å². The first-order chi connectivity index (χ1) is 8.51. The summed E-state index contributed by atoms with van der Waals surface area (Å²) in [5.74, 6) is 0.110. The number of alkyl halides is 3. The van der Waals surface area contributed by atoms with Gasteiger partial charge in [-0.05, 0) is 57.1 Å². The molecule has 108 valence electrons. The molecule has 0 aromatic rings. The summed E-state index contributed by atoms with van der Waals surface area (Å²) in [5.41, 5.74) is -4.09. The second kappa shape index (κ2) is 8.27.